The number of hydrogen-bond donors (Lipinski definition) is 1. The second-order valence-electron chi connectivity index (χ2n) is 5.43. The summed E-state index contributed by atoms with van der Waals surface area (Å²) in [7, 11) is 0. The molecule has 0 bridgehead atoms. The molecule has 1 heterocycles. The molecule has 0 saturated heterocycles. The highest BCUT2D eigenvalue weighted by Crippen LogP contribution is 2.22. The molecular formula is C16H23N3. The molecule has 2 rings (SSSR count). The molecule has 3 heteroatoms. The van der Waals surface area contributed by atoms with E-state index < -0.39 is 0 Å². The largest absolute Gasteiger partial charge is 0.305 e. The third-order valence-electron chi connectivity index (χ3n) is 3.31. The number of nitrogens with zero attached hydrogens (tertiary/aromatic N) is 2. The summed E-state index contributed by atoms with van der Waals surface area (Å²) < 4.78 is 1.97. The molecule has 2 atom stereocenters. The van der Waals surface area contributed by atoms with Gasteiger partial charge in [0.05, 0.1) is 6.54 Å². The van der Waals surface area contributed by atoms with E-state index in [-0.39, 0.29) is 0 Å². The molecule has 102 valence electrons. The molecule has 2 unspecified atom stereocenters. The summed E-state index contributed by atoms with van der Waals surface area (Å²) in [6.45, 7) is 7.61. The molecular weight excluding hydrogens is 234 g/mol. The molecule has 0 aliphatic heterocycles. The molecule has 2 aromatic rings. The molecule has 0 radical (unpaired) electrons. The van der Waals surface area contributed by atoms with E-state index in [9.17, 15) is 0 Å². The maximum absolute atomic E-state index is 4.26. The molecule has 0 aliphatic carbocycles. The van der Waals surface area contributed by atoms with Crippen LogP contribution in [0, 0.1) is 5.92 Å². The average Bonchev–Trinajstić information content (AvgIpc) is 2.89. The fourth-order valence-electron chi connectivity index (χ4n) is 2.38. The van der Waals surface area contributed by atoms with E-state index in [4.69, 9.17) is 0 Å². The Morgan fingerprint density at radius 2 is 1.84 bits per heavy atom. The molecule has 0 amide bonds. The summed E-state index contributed by atoms with van der Waals surface area (Å²) in [6, 6.07) is 13.4. The Morgan fingerprint density at radius 3 is 2.42 bits per heavy atom. The van der Waals surface area contributed by atoms with Crippen molar-refractivity contribution >= 4 is 0 Å². The summed E-state index contributed by atoms with van der Waals surface area (Å²) in [6.07, 6.45) is 3.83. The highest BCUT2D eigenvalue weighted by atomic mass is 15.3. The smallest absolute Gasteiger partial charge is 0.0560 e. The monoisotopic (exact) mass is 257 g/mol. The highest BCUT2D eigenvalue weighted by Gasteiger charge is 2.17. The predicted octanol–water partition coefficient (Wildman–Crippen LogP) is 3.26. The van der Waals surface area contributed by atoms with Gasteiger partial charge in [-0.15, -0.1) is 0 Å². The lowest BCUT2D eigenvalue weighted by atomic mass is 9.95. The van der Waals surface area contributed by atoms with Crippen molar-refractivity contribution in [2.24, 2.45) is 5.92 Å². The van der Waals surface area contributed by atoms with Crippen LogP contribution in [0.15, 0.2) is 48.8 Å². The van der Waals surface area contributed by atoms with E-state index in [1.807, 2.05) is 23.1 Å². The van der Waals surface area contributed by atoms with E-state index in [1.165, 1.54) is 5.56 Å². The van der Waals surface area contributed by atoms with Gasteiger partial charge in [-0.25, -0.2) is 0 Å². The lowest BCUT2D eigenvalue weighted by Gasteiger charge is -2.27. The molecule has 0 fully saturated rings. The van der Waals surface area contributed by atoms with Gasteiger partial charge in [-0.1, -0.05) is 44.2 Å². The Morgan fingerprint density at radius 1 is 1.11 bits per heavy atom. The Balaban J connectivity index is 2.01. The van der Waals surface area contributed by atoms with E-state index in [1.54, 1.807) is 0 Å². The first-order valence-corrected chi connectivity index (χ1v) is 6.95. The minimum atomic E-state index is 0.381. The van der Waals surface area contributed by atoms with Crippen LogP contribution in [-0.4, -0.2) is 15.8 Å². The molecule has 19 heavy (non-hydrogen) atoms. The van der Waals surface area contributed by atoms with Crippen molar-refractivity contribution in [3.8, 4) is 0 Å². The van der Waals surface area contributed by atoms with Crippen molar-refractivity contribution in [3.05, 3.63) is 54.4 Å². The molecule has 3 nitrogen and oxygen atoms in total. The first kappa shape index (κ1) is 13.8. The molecule has 0 aliphatic rings. The standard InChI is InChI=1S/C16H23N3/c1-13(2)16(15-8-5-4-6-9-15)18-14(3)12-19-11-7-10-17-19/h4-11,13-14,16,18H,12H2,1-3H3. The van der Waals surface area contributed by atoms with Gasteiger partial charge in [-0.2, -0.15) is 5.10 Å². The maximum Gasteiger partial charge on any atom is 0.0560 e. The van der Waals surface area contributed by atoms with E-state index in [0.717, 1.165) is 6.54 Å². The molecule has 1 aromatic heterocycles. The van der Waals surface area contributed by atoms with Crippen LogP contribution in [0.2, 0.25) is 0 Å². The number of aromatic nitrogens is 2. The number of nitrogens with one attached hydrogen (secondary N) is 1. The van der Waals surface area contributed by atoms with Gasteiger partial charge in [-0.05, 0) is 24.5 Å². The summed E-state index contributed by atoms with van der Waals surface area (Å²) in [5, 5.41) is 7.97. The van der Waals surface area contributed by atoms with Crippen molar-refractivity contribution in [2.45, 2.75) is 39.4 Å². The normalized spacial score (nSPS) is 14.5. The Hall–Kier alpha value is -1.61. The fraction of sp³-hybridized carbons (Fsp3) is 0.438. The van der Waals surface area contributed by atoms with Crippen LogP contribution < -0.4 is 5.32 Å². The van der Waals surface area contributed by atoms with Crippen molar-refractivity contribution in [1.82, 2.24) is 15.1 Å². The van der Waals surface area contributed by atoms with E-state index >= 15 is 0 Å². The van der Waals surface area contributed by atoms with Crippen LogP contribution in [-0.2, 0) is 6.54 Å². The third-order valence-corrected chi connectivity index (χ3v) is 3.31. The Kier molecular flexibility index (Phi) is 4.74. The number of rotatable bonds is 6. The SMILES string of the molecule is CC(Cn1cccn1)NC(c1ccccc1)C(C)C. The first-order valence-electron chi connectivity index (χ1n) is 6.95. The number of hydrogen-bond acceptors (Lipinski definition) is 2. The minimum Gasteiger partial charge on any atom is -0.305 e. The second-order valence-corrected chi connectivity index (χ2v) is 5.43. The second kappa shape index (κ2) is 6.53. The zero-order chi connectivity index (χ0) is 13.7. The Labute approximate surface area is 115 Å². The predicted molar refractivity (Wildman–Crippen MR) is 78.8 cm³/mol. The highest BCUT2D eigenvalue weighted by molar-refractivity contribution is 5.19. The van der Waals surface area contributed by atoms with Gasteiger partial charge in [0, 0.05) is 24.5 Å². The molecule has 1 aromatic carbocycles. The van der Waals surface area contributed by atoms with Gasteiger partial charge in [-0.3, -0.25) is 4.68 Å². The minimum absolute atomic E-state index is 0.381. The molecule has 0 spiro atoms. The lowest BCUT2D eigenvalue weighted by Crippen LogP contribution is -2.36. The quantitative estimate of drug-likeness (QED) is 0.861. The first-order chi connectivity index (χ1) is 9.16. The zero-order valence-corrected chi connectivity index (χ0v) is 12.0. The maximum atomic E-state index is 4.26. The van der Waals surface area contributed by atoms with Crippen molar-refractivity contribution < 1.29 is 0 Å². The van der Waals surface area contributed by atoms with Gasteiger partial charge in [0.25, 0.3) is 0 Å². The summed E-state index contributed by atoms with van der Waals surface area (Å²) >= 11 is 0. The number of benzene rings is 1. The van der Waals surface area contributed by atoms with E-state index in [0.29, 0.717) is 18.0 Å². The van der Waals surface area contributed by atoms with Gasteiger partial charge in [0.1, 0.15) is 0 Å². The zero-order valence-electron chi connectivity index (χ0n) is 12.0. The van der Waals surface area contributed by atoms with Gasteiger partial charge < -0.3 is 5.32 Å². The fourth-order valence-corrected chi connectivity index (χ4v) is 2.38. The van der Waals surface area contributed by atoms with Crippen molar-refractivity contribution in [2.75, 3.05) is 0 Å². The third kappa shape index (κ3) is 3.93. The van der Waals surface area contributed by atoms with Gasteiger partial charge >= 0.3 is 0 Å². The van der Waals surface area contributed by atoms with Crippen molar-refractivity contribution in [3.63, 3.8) is 0 Å². The van der Waals surface area contributed by atoms with Crippen LogP contribution in [0.5, 0.6) is 0 Å². The van der Waals surface area contributed by atoms with Crippen LogP contribution in [0.4, 0.5) is 0 Å². The Bertz CT molecular complexity index is 462. The average molecular weight is 257 g/mol. The lowest BCUT2D eigenvalue weighted by molar-refractivity contribution is 0.341. The van der Waals surface area contributed by atoms with E-state index in [2.05, 4.69) is 61.5 Å². The van der Waals surface area contributed by atoms with Crippen LogP contribution in [0.1, 0.15) is 32.4 Å². The summed E-state index contributed by atoms with van der Waals surface area (Å²) in [4.78, 5) is 0. The summed E-state index contributed by atoms with van der Waals surface area (Å²) in [5.41, 5.74) is 1.35. The summed E-state index contributed by atoms with van der Waals surface area (Å²) in [5.74, 6) is 0.558. The van der Waals surface area contributed by atoms with Crippen molar-refractivity contribution in [1.29, 1.82) is 0 Å². The van der Waals surface area contributed by atoms with Gasteiger partial charge in [0.2, 0.25) is 0 Å². The van der Waals surface area contributed by atoms with Crippen LogP contribution in [0.25, 0.3) is 0 Å². The molecule has 0 saturated carbocycles. The van der Waals surface area contributed by atoms with Crippen LogP contribution >= 0.6 is 0 Å². The van der Waals surface area contributed by atoms with Crippen LogP contribution in [0.3, 0.4) is 0 Å². The van der Waals surface area contributed by atoms with Gasteiger partial charge in [0.15, 0.2) is 0 Å². The molecule has 1 N–H and O–H groups in total. The topological polar surface area (TPSA) is 29.9 Å².